The molecule has 2 aliphatic rings. The van der Waals surface area contributed by atoms with Crippen LogP contribution in [0, 0.1) is 5.92 Å². The third-order valence-electron chi connectivity index (χ3n) is 5.89. The van der Waals surface area contributed by atoms with Gasteiger partial charge in [0.2, 0.25) is 0 Å². The Balaban J connectivity index is 0.00000341. The van der Waals surface area contributed by atoms with E-state index in [4.69, 9.17) is 14.5 Å². The standard InChI is InChI=1S/C22H39N5O2S.HI/c1-4-23-22(24-16-19(18(2)3)26-7-11-28-12-8-26)25-17-20(21-6-5-15-30-21)27-9-13-29-14-10-27;/h5-6,15,18-20H,4,7-14,16-17H2,1-3H3,(H2,23,24,25);1H. The van der Waals surface area contributed by atoms with Crippen molar-refractivity contribution < 1.29 is 9.47 Å². The highest BCUT2D eigenvalue weighted by Gasteiger charge is 2.25. The van der Waals surface area contributed by atoms with Crippen LogP contribution >= 0.6 is 35.3 Å². The summed E-state index contributed by atoms with van der Waals surface area (Å²) in [6, 6.07) is 5.17. The first-order valence-electron chi connectivity index (χ1n) is 11.4. The van der Waals surface area contributed by atoms with Gasteiger partial charge < -0.3 is 20.1 Å². The fourth-order valence-electron chi connectivity index (χ4n) is 4.16. The third-order valence-corrected chi connectivity index (χ3v) is 6.86. The summed E-state index contributed by atoms with van der Waals surface area (Å²) in [7, 11) is 0. The van der Waals surface area contributed by atoms with Gasteiger partial charge in [0.25, 0.3) is 0 Å². The van der Waals surface area contributed by atoms with E-state index in [0.717, 1.165) is 78.2 Å². The fraction of sp³-hybridized carbons (Fsp3) is 0.773. The minimum Gasteiger partial charge on any atom is -0.379 e. The molecule has 2 fully saturated rings. The molecule has 0 radical (unpaired) electrons. The highest BCUT2D eigenvalue weighted by Crippen LogP contribution is 2.25. The summed E-state index contributed by atoms with van der Waals surface area (Å²) >= 11 is 1.83. The van der Waals surface area contributed by atoms with Crippen LogP contribution in [0.3, 0.4) is 0 Å². The van der Waals surface area contributed by atoms with Crippen LogP contribution in [0.4, 0.5) is 0 Å². The summed E-state index contributed by atoms with van der Waals surface area (Å²) in [4.78, 5) is 11.4. The molecule has 0 aromatic carbocycles. The number of morpholine rings is 2. The molecule has 2 N–H and O–H groups in total. The molecular weight excluding hydrogens is 525 g/mol. The Morgan fingerprint density at radius 1 is 1.06 bits per heavy atom. The van der Waals surface area contributed by atoms with E-state index < -0.39 is 0 Å². The smallest absolute Gasteiger partial charge is 0.191 e. The van der Waals surface area contributed by atoms with Gasteiger partial charge in [-0.05, 0) is 24.3 Å². The van der Waals surface area contributed by atoms with Crippen molar-refractivity contribution in [2.45, 2.75) is 32.9 Å². The summed E-state index contributed by atoms with van der Waals surface area (Å²) in [5.74, 6) is 1.47. The molecular formula is C22H40IN5O2S. The Bertz CT molecular complexity index is 619. The van der Waals surface area contributed by atoms with Crippen LogP contribution in [0.15, 0.2) is 22.5 Å². The lowest BCUT2D eigenvalue weighted by Gasteiger charge is -2.36. The number of nitrogens with zero attached hydrogens (tertiary/aromatic N) is 3. The molecule has 2 atom stereocenters. The molecule has 2 saturated heterocycles. The molecule has 0 amide bonds. The van der Waals surface area contributed by atoms with Crippen LogP contribution < -0.4 is 10.6 Å². The molecule has 178 valence electrons. The van der Waals surface area contributed by atoms with Gasteiger partial charge in [-0.2, -0.15) is 0 Å². The first kappa shape index (κ1) is 26.8. The van der Waals surface area contributed by atoms with Crippen LogP contribution in [-0.4, -0.2) is 94.0 Å². The average Bonchev–Trinajstić information content (AvgIpc) is 3.30. The minimum atomic E-state index is 0. The Kier molecular flexibility index (Phi) is 12.7. The summed E-state index contributed by atoms with van der Waals surface area (Å²) in [6.45, 7) is 16.4. The number of thiophene rings is 1. The van der Waals surface area contributed by atoms with Crippen molar-refractivity contribution in [1.82, 2.24) is 20.4 Å². The number of rotatable bonds is 9. The van der Waals surface area contributed by atoms with E-state index in [2.05, 4.69) is 58.7 Å². The predicted molar refractivity (Wildman–Crippen MR) is 140 cm³/mol. The lowest BCUT2D eigenvalue weighted by molar-refractivity contribution is 0.00865. The van der Waals surface area contributed by atoms with Crippen molar-refractivity contribution in [3.05, 3.63) is 22.4 Å². The second-order valence-corrected chi connectivity index (χ2v) is 9.22. The number of hydrogen-bond donors (Lipinski definition) is 2. The molecule has 9 heteroatoms. The van der Waals surface area contributed by atoms with Crippen LogP contribution in [0.1, 0.15) is 31.7 Å². The van der Waals surface area contributed by atoms with Crippen molar-refractivity contribution >= 4 is 41.3 Å². The summed E-state index contributed by atoms with van der Waals surface area (Å²) < 4.78 is 11.1. The monoisotopic (exact) mass is 565 g/mol. The Hall–Kier alpha value is -0.460. The summed E-state index contributed by atoms with van der Waals surface area (Å²) in [5.41, 5.74) is 0. The highest BCUT2D eigenvalue weighted by molar-refractivity contribution is 14.0. The second-order valence-electron chi connectivity index (χ2n) is 8.24. The Morgan fingerprint density at radius 3 is 2.26 bits per heavy atom. The fourth-order valence-corrected chi connectivity index (χ4v) is 5.02. The lowest BCUT2D eigenvalue weighted by Crippen LogP contribution is -2.49. The first-order valence-corrected chi connectivity index (χ1v) is 12.3. The van der Waals surface area contributed by atoms with Crippen LogP contribution in [0.25, 0.3) is 0 Å². The van der Waals surface area contributed by atoms with Crippen molar-refractivity contribution in [2.24, 2.45) is 10.9 Å². The van der Waals surface area contributed by atoms with Crippen LogP contribution in [-0.2, 0) is 9.47 Å². The highest BCUT2D eigenvalue weighted by atomic mass is 127. The van der Waals surface area contributed by atoms with Crippen LogP contribution in [0.2, 0.25) is 0 Å². The maximum Gasteiger partial charge on any atom is 0.191 e. The molecule has 1 aromatic rings. The zero-order valence-corrected chi connectivity index (χ0v) is 22.4. The zero-order chi connectivity index (χ0) is 21.2. The van der Waals surface area contributed by atoms with E-state index in [1.165, 1.54) is 4.88 Å². The SMILES string of the molecule is CCNC(=NCC(C(C)C)N1CCOCC1)NCC(c1cccs1)N1CCOCC1.I. The maximum atomic E-state index is 5.57. The topological polar surface area (TPSA) is 61.4 Å². The van der Waals surface area contributed by atoms with E-state index >= 15 is 0 Å². The summed E-state index contributed by atoms with van der Waals surface area (Å²) in [5, 5.41) is 9.23. The molecule has 0 spiro atoms. The number of halogens is 1. The molecule has 2 unspecified atom stereocenters. The molecule has 0 bridgehead atoms. The number of ether oxygens (including phenoxy) is 2. The zero-order valence-electron chi connectivity index (χ0n) is 19.2. The van der Waals surface area contributed by atoms with Gasteiger partial charge >= 0.3 is 0 Å². The van der Waals surface area contributed by atoms with Gasteiger partial charge in [0.1, 0.15) is 0 Å². The normalized spacial score (nSPS) is 20.8. The van der Waals surface area contributed by atoms with E-state index in [1.54, 1.807) is 0 Å². The molecule has 31 heavy (non-hydrogen) atoms. The van der Waals surface area contributed by atoms with Gasteiger partial charge in [0.15, 0.2) is 5.96 Å². The second kappa shape index (κ2) is 14.6. The van der Waals surface area contributed by atoms with E-state index in [1.807, 2.05) is 11.3 Å². The maximum absolute atomic E-state index is 5.57. The first-order chi connectivity index (χ1) is 14.7. The Morgan fingerprint density at radius 2 is 1.71 bits per heavy atom. The van der Waals surface area contributed by atoms with Crippen molar-refractivity contribution in [2.75, 3.05) is 72.2 Å². The minimum absolute atomic E-state index is 0. The van der Waals surface area contributed by atoms with E-state index in [9.17, 15) is 0 Å². The largest absolute Gasteiger partial charge is 0.379 e. The van der Waals surface area contributed by atoms with Gasteiger partial charge in [0, 0.05) is 50.2 Å². The lowest BCUT2D eigenvalue weighted by atomic mass is 10.0. The third kappa shape index (κ3) is 8.43. The van der Waals surface area contributed by atoms with Gasteiger partial charge in [-0.15, -0.1) is 35.3 Å². The molecule has 0 saturated carbocycles. The Labute approximate surface area is 209 Å². The molecule has 1 aromatic heterocycles. The van der Waals surface area contributed by atoms with Gasteiger partial charge in [-0.25, -0.2) is 0 Å². The van der Waals surface area contributed by atoms with Crippen molar-refractivity contribution in [3.63, 3.8) is 0 Å². The average molecular weight is 566 g/mol. The molecule has 0 aliphatic carbocycles. The molecule has 3 rings (SSSR count). The van der Waals surface area contributed by atoms with Crippen LogP contribution in [0.5, 0.6) is 0 Å². The number of guanidine groups is 1. The molecule has 3 heterocycles. The number of aliphatic imine (C=N–C) groups is 1. The molecule has 2 aliphatic heterocycles. The number of hydrogen-bond acceptors (Lipinski definition) is 6. The quantitative estimate of drug-likeness (QED) is 0.273. The van der Waals surface area contributed by atoms with Gasteiger partial charge in [0.05, 0.1) is 39.0 Å². The van der Waals surface area contributed by atoms with Crippen molar-refractivity contribution in [3.8, 4) is 0 Å². The number of nitrogens with one attached hydrogen (secondary N) is 2. The van der Waals surface area contributed by atoms with Gasteiger partial charge in [-0.1, -0.05) is 19.9 Å². The van der Waals surface area contributed by atoms with E-state index in [-0.39, 0.29) is 24.0 Å². The predicted octanol–water partition coefficient (Wildman–Crippen LogP) is 2.65. The van der Waals surface area contributed by atoms with E-state index in [0.29, 0.717) is 18.0 Å². The van der Waals surface area contributed by atoms with Gasteiger partial charge in [-0.3, -0.25) is 14.8 Å². The summed E-state index contributed by atoms with van der Waals surface area (Å²) in [6.07, 6.45) is 0. The molecule has 7 nitrogen and oxygen atoms in total. The van der Waals surface area contributed by atoms with Crippen molar-refractivity contribution in [1.29, 1.82) is 0 Å².